The van der Waals surface area contributed by atoms with Crippen molar-refractivity contribution in [1.82, 2.24) is 0 Å². The maximum absolute atomic E-state index is 4.89. The lowest BCUT2D eigenvalue weighted by atomic mass is 10.2. The Balaban J connectivity index is 0. The number of allylic oxidation sites excluding steroid dienone is 2. The first-order chi connectivity index (χ1) is 4.77. The first kappa shape index (κ1) is 13.9. The van der Waals surface area contributed by atoms with E-state index in [0.29, 0.717) is 0 Å². The third kappa shape index (κ3) is 13.3. The van der Waals surface area contributed by atoms with Gasteiger partial charge in [-0.2, -0.15) is 0 Å². The average molecular weight is 237 g/mol. The van der Waals surface area contributed by atoms with E-state index in [0.717, 1.165) is 4.86 Å². The fourth-order valence-corrected chi connectivity index (χ4v) is 0.858. The van der Waals surface area contributed by atoms with Gasteiger partial charge in [0.25, 0.3) is 0 Å². The molecule has 0 amide bonds. The van der Waals surface area contributed by atoms with Gasteiger partial charge in [-0.1, -0.05) is 44.1 Å². The van der Waals surface area contributed by atoms with Crippen molar-refractivity contribution in [2.75, 3.05) is 0 Å². The van der Waals surface area contributed by atoms with Crippen LogP contribution in [0.5, 0.6) is 0 Å². The van der Waals surface area contributed by atoms with Gasteiger partial charge in [-0.15, -0.1) is 17.0 Å². The molecule has 0 aliphatic rings. The van der Waals surface area contributed by atoms with Crippen LogP contribution in [0.3, 0.4) is 0 Å². The maximum Gasteiger partial charge on any atom is 0.0118 e. The quantitative estimate of drug-likeness (QED) is 0.394. The zero-order valence-corrected chi connectivity index (χ0v) is 9.83. The number of halogens is 1. The van der Waals surface area contributed by atoms with Crippen molar-refractivity contribution in [3.8, 4) is 0 Å². The van der Waals surface area contributed by atoms with Gasteiger partial charge >= 0.3 is 0 Å². The van der Waals surface area contributed by atoms with E-state index in [1.165, 1.54) is 25.7 Å². The summed E-state index contributed by atoms with van der Waals surface area (Å²) in [6, 6.07) is 0. The van der Waals surface area contributed by atoms with Crippen molar-refractivity contribution in [3.05, 3.63) is 12.2 Å². The fourth-order valence-electron chi connectivity index (χ4n) is 0.761. The van der Waals surface area contributed by atoms with Crippen LogP contribution in [0.2, 0.25) is 0 Å². The Bertz CT molecular complexity index is 119. The van der Waals surface area contributed by atoms with Crippen LogP contribution in [0.4, 0.5) is 0 Å². The highest BCUT2D eigenvalue weighted by Gasteiger charge is 1.81. The molecule has 2 heteroatoms. The average Bonchev–Trinajstić information content (AvgIpc) is 1.87. The van der Waals surface area contributed by atoms with Crippen LogP contribution in [0.15, 0.2) is 12.2 Å². The van der Waals surface area contributed by atoms with E-state index in [4.69, 9.17) is 12.2 Å². The van der Waals surface area contributed by atoms with Gasteiger partial charge in [0.05, 0.1) is 0 Å². The summed E-state index contributed by atoms with van der Waals surface area (Å²) in [6.45, 7) is 4.17. The molecule has 11 heavy (non-hydrogen) atoms. The summed E-state index contributed by atoms with van der Waals surface area (Å²) < 4.78 is 0. The van der Waals surface area contributed by atoms with E-state index >= 15 is 0 Å². The normalized spacial score (nSPS) is 9.64. The van der Waals surface area contributed by atoms with Crippen molar-refractivity contribution in [2.24, 2.45) is 0 Å². The van der Waals surface area contributed by atoms with Gasteiger partial charge in [0.2, 0.25) is 0 Å². The van der Waals surface area contributed by atoms with Crippen LogP contribution < -0.4 is 0 Å². The molecule has 0 fully saturated rings. The van der Waals surface area contributed by atoms with Gasteiger partial charge in [-0.05, 0) is 19.8 Å². The predicted octanol–water partition coefficient (Wildman–Crippen LogP) is 4.09. The van der Waals surface area contributed by atoms with Crippen LogP contribution in [0.1, 0.15) is 39.5 Å². The minimum absolute atomic E-state index is 0. The minimum atomic E-state index is 0. The Kier molecular flexibility index (Phi) is 13.0. The molecule has 0 saturated heterocycles. The summed E-state index contributed by atoms with van der Waals surface area (Å²) in [5.41, 5.74) is 0. The zero-order valence-electron chi connectivity index (χ0n) is 7.30. The van der Waals surface area contributed by atoms with E-state index in [2.05, 4.69) is 13.0 Å². The van der Waals surface area contributed by atoms with E-state index in [9.17, 15) is 0 Å². The molecule has 0 aliphatic carbocycles. The summed E-state index contributed by atoms with van der Waals surface area (Å²) in [7, 11) is 0. The molecule has 0 N–H and O–H groups in total. The molecule has 0 heterocycles. The van der Waals surface area contributed by atoms with Crippen LogP contribution >= 0.6 is 29.2 Å². The zero-order chi connectivity index (χ0) is 7.82. The highest BCUT2D eigenvalue weighted by Crippen LogP contribution is 1.99. The highest BCUT2D eigenvalue weighted by atomic mass is 79.9. The van der Waals surface area contributed by atoms with Gasteiger partial charge in [0.15, 0.2) is 0 Å². The number of unbranched alkanes of at least 4 members (excludes halogenated alkanes) is 3. The van der Waals surface area contributed by atoms with Crippen molar-refractivity contribution in [1.29, 1.82) is 0 Å². The predicted molar refractivity (Wildman–Crippen MR) is 61.9 cm³/mol. The SMILES string of the molecule is Br.CCCCCC=CC(C)=S. The molecular formula is C9H17BrS. The topological polar surface area (TPSA) is 0 Å². The maximum atomic E-state index is 4.89. The lowest BCUT2D eigenvalue weighted by molar-refractivity contribution is 0.729. The molecule has 0 unspecified atom stereocenters. The molecule has 0 rings (SSSR count). The first-order valence-corrected chi connectivity index (χ1v) is 4.35. The minimum Gasteiger partial charge on any atom is -0.114 e. The number of hydrogen-bond donors (Lipinski definition) is 0. The Hall–Kier alpha value is 0.310. The van der Waals surface area contributed by atoms with Crippen LogP contribution in [0.25, 0.3) is 0 Å². The summed E-state index contributed by atoms with van der Waals surface area (Å²) in [6.07, 6.45) is 9.30. The second-order valence-electron chi connectivity index (χ2n) is 2.51. The van der Waals surface area contributed by atoms with Crippen molar-refractivity contribution >= 4 is 34.1 Å². The highest BCUT2D eigenvalue weighted by molar-refractivity contribution is 8.93. The number of rotatable bonds is 5. The second kappa shape index (κ2) is 10.3. The van der Waals surface area contributed by atoms with Crippen molar-refractivity contribution in [3.63, 3.8) is 0 Å². The Morgan fingerprint density at radius 1 is 1.36 bits per heavy atom. The molecule has 0 aromatic carbocycles. The van der Waals surface area contributed by atoms with Gasteiger partial charge < -0.3 is 0 Å². The van der Waals surface area contributed by atoms with Crippen molar-refractivity contribution in [2.45, 2.75) is 39.5 Å². The molecule has 0 saturated carbocycles. The fraction of sp³-hybridized carbons (Fsp3) is 0.667. The third-order valence-electron chi connectivity index (χ3n) is 1.33. The second-order valence-corrected chi connectivity index (χ2v) is 3.15. The van der Waals surface area contributed by atoms with E-state index in [-0.39, 0.29) is 17.0 Å². The number of thiocarbonyl (C=S) groups is 1. The smallest absolute Gasteiger partial charge is 0.0118 e. The molecule has 0 aromatic heterocycles. The van der Waals surface area contributed by atoms with Crippen molar-refractivity contribution < 1.29 is 0 Å². The van der Waals surface area contributed by atoms with Gasteiger partial charge in [-0.25, -0.2) is 0 Å². The molecule has 0 aromatic rings. The van der Waals surface area contributed by atoms with Gasteiger partial charge in [0, 0.05) is 4.86 Å². The number of hydrogen-bond acceptors (Lipinski definition) is 1. The summed E-state index contributed by atoms with van der Waals surface area (Å²) in [5, 5.41) is 0. The van der Waals surface area contributed by atoms with Crippen LogP contribution in [-0.4, -0.2) is 4.86 Å². The molecule has 0 nitrogen and oxygen atoms in total. The molecule has 0 aliphatic heterocycles. The first-order valence-electron chi connectivity index (χ1n) is 3.94. The lowest BCUT2D eigenvalue weighted by Gasteiger charge is -1.90. The largest absolute Gasteiger partial charge is 0.114 e. The Labute approximate surface area is 85.8 Å². The Morgan fingerprint density at radius 2 is 2.00 bits per heavy atom. The van der Waals surface area contributed by atoms with Gasteiger partial charge in [0.1, 0.15) is 0 Å². The molecule has 0 radical (unpaired) electrons. The summed E-state index contributed by atoms with van der Waals surface area (Å²) in [4.78, 5) is 0.983. The molecule has 0 atom stereocenters. The van der Waals surface area contributed by atoms with Crippen LogP contribution in [-0.2, 0) is 0 Å². The molecule has 0 bridgehead atoms. The molecular weight excluding hydrogens is 220 g/mol. The summed E-state index contributed by atoms with van der Waals surface area (Å²) in [5.74, 6) is 0. The monoisotopic (exact) mass is 236 g/mol. The molecule has 66 valence electrons. The van der Waals surface area contributed by atoms with E-state index in [1.54, 1.807) is 0 Å². The molecule has 0 spiro atoms. The van der Waals surface area contributed by atoms with Crippen LogP contribution in [0, 0.1) is 0 Å². The third-order valence-corrected chi connectivity index (χ3v) is 1.46. The lowest BCUT2D eigenvalue weighted by Crippen LogP contribution is -1.76. The van der Waals surface area contributed by atoms with Gasteiger partial charge in [-0.3, -0.25) is 0 Å². The summed E-state index contributed by atoms with van der Waals surface area (Å²) >= 11 is 4.89. The van der Waals surface area contributed by atoms with E-state index < -0.39 is 0 Å². The van der Waals surface area contributed by atoms with E-state index in [1.807, 2.05) is 13.0 Å². The standard InChI is InChI=1S/C9H16S.BrH/c1-3-4-5-6-7-8-9(2)10;/h7-8H,3-6H2,1-2H3;1H. The Morgan fingerprint density at radius 3 is 2.45 bits per heavy atom.